The summed E-state index contributed by atoms with van der Waals surface area (Å²) in [7, 11) is 0. The van der Waals surface area contributed by atoms with E-state index < -0.39 is 0 Å². The molecule has 0 amide bonds. The predicted octanol–water partition coefficient (Wildman–Crippen LogP) is 4.02. The summed E-state index contributed by atoms with van der Waals surface area (Å²) in [6.07, 6.45) is 2.39. The summed E-state index contributed by atoms with van der Waals surface area (Å²) in [5, 5.41) is 15.6. The van der Waals surface area contributed by atoms with E-state index in [4.69, 9.17) is 14.6 Å². The average molecular weight is 376 g/mol. The molecule has 1 unspecified atom stereocenters. The number of benzene rings is 1. The molecule has 134 valence electrons. The average Bonchev–Trinajstić information content (AvgIpc) is 3.48. The number of aromatic nitrogens is 4. The first-order valence-corrected chi connectivity index (χ1v) is 9.51. The molecule has 0 radical (unpaired) electrons. The normalized spacial score (nSPS) is 14.6. The van der Waals surface area contributed by atoms with Gasteiger partial charge in [-0.25, -0.2) is 0 Å². The molecule has 0 aliphatic carbocycles. The predicted molar refractivity (Wildman–Crippen MR) is 102 cm³/mol. The summed E-state index contributed by atoms with van der Waals surface area (Å²) in [5.41, 5.74) is 2.79. The lowest BCUT2D eigenvalue weighted by atomic mass is 9.97. The van der Waals surface area contributed by atoms with Gasteiger partial charge >= 0.3 is 0 Å². The Morgan fingerprint density at radius 2 is 1.96 bits per heavy atom. The van der Waals surface area contributed by atoms with Gasteiger partial charge in [-0.05, 0) is 35.6 Å². The lowest BCUT2D eigenvalue weighted by Gasteiger charge is -2.15. The van der Waals surface area contributed by atoms with E-state index in [-0.39, 0.29) is 12.7 Å². The highest BCUT2D eigenvalue weighted by Crippen LogP contribution is 2.31. The zero-order valence-corrected chi connectivity index (χ0v) is 15.2. The summed E-state index contributed by atoms with van der Waals surface area (Å²) >= 11 is 1.66. The third kappa shape index (κ3) is 3.06. The minimum atomic E-state index is -0.129. The minimum Gasteiger partial charge on any atom is -0.462 e. The number of nitrogens with zero attached hydrogens (tertiary/aromatic N) is 4. The lowest BCUT2D eigenvalue weighted by Crippen LogP contribution is -2.13. The molecule has 1 aliphatic rings. The second kappa shape index (κ2) is 6.85. The van der Waals surface area contributed by atoms with E-state index in [1.807, 2.05) is 46.3 Å². The van der Waals surface area contributed by atoms with Crippen molar-refractivity contribution in [3.63, 3.8) is 0 Å². The summed E-state index contributed by atoms with van der Waals surface area (Å²) in [5.74, 6) is 1.36. The van der Waals surface area contributed by atoms with E-state index in [2.05, 4.69) is 28.4 Å². The first-order valence-electron chi connectivity index (χ1n) is 8.63. The number of ether oxygens (including phenoxy) is 2. The van der Waals surface area contributed by atoms with Crippen LogP contribution >= 0.6 is 11.3 Å². The molecule has 1 atom stereocenters. The molecule has 6 nitrogen and oxygen atoms in total. The van der Waals surface area contributed by atoms with Crippen LogP contribution in [-0.2, 0) is 15.9 Å². The van der Waals surface area contributed by atoms with Gasteiger partial charge in [0.25, 0.3) is 0 Å². The molecule has 1 aromatic carbocycles. The SMILES string of the molecule is C1=C(C(Cc2ccccc2)c2nnc3ccc(-c4cccs4)nn23)OCO1. The summed E-state index contributed by atoms with van der Waals surface area (Å²) < 4.78 is 12.8. The van der Waals surface area contributed by atoms with Gasteiger partial charge in [-0.2, -0.15) is 9.61 Å². The minimum absolute atomic E-state index is 0.129. The largest absolute Gasteiger partial charge is 0.462 e. The number of rotatable bonds is 5. The van der Waals surface area contributed by atoms with Crippen LogP contribution in [0.25, 0.3) is 16.2 Å². The molecular formula is C20H16N4O2S. The van der Waals surface area contributed by atoms with Crippen LogP contribution in [0.4, 0.5) is 0 Å². The first kappa shape index (κ1) is 16.0. The van der Waals surface area contributed by atoms with Crippen LogP contribution in [0.3, 0.4) is 0 Å². The van der Waals surface area contributed by atoms with Crippen molar-refractivity contribution in [2.45, 2.75) is 12.3 Å². The van der Waals surface area contributed by atoms with E-state index in [1.165, 1.54) is 5.56 Å². The second-order valence-electron chi connectivity index (χ2n) is 6.22. The van der Waals surface area contributed by atoms with Crippen LogP contribution in [0.5, 0.6) is 0 Å². The molecule has 27 heavy (non-hydrogen) atoms. The summed E-state index contributed by atoms with van der Waals surface area (Å²) in [6, 6.07) is 18.2. The number of hydrogen-bond acceptors (Lipinski definition) is 6. The molecule has 0 saturated heterocycles. The Morgan fingerprint density at radius 3 is 2.74 bits per heavy atom. The fourth-order valence-corrected chi connectivity index (χ4v) is 3.87. The van der Waals surface area contributed by atoms with Crippen LogP contribution in [0.1, 0.15) is 17.3 Å². The Hall–Kier alpha value is -3.19. The van der Waals surface area contributed by atoms with E-state index in [0.717, 1.165) is 28.6 Å². The van der Waals surface area contributed by atoms with Gasteiger partial charge in [-0.15, -0.1) is 21.5 Å². The van der Waals surface area contributed by atoms with Crippen LogP contribution in [0.15, 0.2) is 72.0 Å². The molecule has 0 spiro atoms. The van der Waals surface area contributed by atoms with Crippen LogP contribution in [0.2, 0.25) is 0 Å². The fraction of sp³-hybridized carbons (Fsp3) is 0.150. The van der Waals surface area contributed by atoms with Crippen molar-refractivity contribution in [2.75, 3.05) is 6.79 Å². The van der Waals surface area contributed by atoms with Crippen molar-refractivity contribution in [1.82, 2.24) is 19.8 Å². The van der Waals surface area contributed by atoms with Crippen molar-refractivity contribution in [3.05, 3.63) is 83.4 Å². The standard InChI is InChI=1S/C20H16N4O2S/c1-2-5-14(6-3-1)11-15(17-12-25-13-26-17)20-22-21-19-9-8-16(23-24(19)20)18-7-4-10-27-18/h1-10,12,15H,11,13H2. The Morgan fingerprint density at radius 1 is 1.04 bits per heavy atom. The molecule has 3 aromatic heterocycles. The van der Waals surface area contributed by atoms with E-state index in [1.54, 1.807) is 17.6 Å². The molecule has 0 bridgehead atoms. The molecule has 4 heterocycles. The third-order valence-corrected chi connectivity index (χ3v) is 5.38. The van der Waals surface area contributed by atoms with Gasteiger partial charge in [-0.3, -0.25) is 0 Å². The number of hydrogen-bond donors (Lipinski definition) is 0. The Labute approximate surface area is 159 Å². The zero-order chi connectivity index (χ0) is 18.1. The monoisotopic (exact) mass is 376 g/mol. The van der Waals surface area contributed by atoms with Crippen molar-refractivity contribution in [3.8, 4) is 10.6 Å². The highest BCUT2D eigenvalue weighted by Gasteiger charge is 2.28. The van der Waals surface area contributed by atoms with E-state index in [0.29, 0.717) is 5.65 Å². The van der Waals surface area contributed by atoms with Crippen molar-refractivity contribution in [1.29, 1.82) is 0 Å². The Bertz CT molecular complexity index is 1090. The highest BCUT2D eigenvalue weighted by atomic mass is 32.1. The summed E-state index contributed by atoms with van der Waals surface area (Å²) in [4.78, 5) is 1.11. The van der Waals surface area contributed by atoms with Crippen LogP contribution < -0.4 is 0 Å². The number of thiophene rings is 1. The smallest absolute Gasteiger partial charge is 0.229 e. The van der Waals surface area contributed by atoms with E-state index >= 15 is 0 Å². The van der Waals surface area contributed by atoms with Gasteiger partial charge in [0, 0.05) is 0 Å². The molecule has 0 saturated carbocycles. The zero-order valence-electron chi connectivity index (χ0n) is 14.4. The molecular weight excluding hydrogens is 360 g/mol. The molecule has 0 fully saturated rings. The fourth-order valence-electron chi connectivity index (χ4n) is 3.18. The van der Waals surface area contributed by atoms with Gasteiger partial charge in [0.05, 0.1) is 10.8 Å². The van der Waals surface area contributed by atoms with E-state index in [9.17, 15) is 0 Å². The maximum Gasteiger partial charge on any atom is 0.229 e. The molecule has 0 N–H and O–H groups in total. The molecule has 4 aromatic rings. The van der Waals surface area contributed by atoms with Crippen molar-refractivity contribution in [2.24, 2.45) is 0 Å². The second-order valence-corrected chi connectivity index (χ2v) is 7.16. The number of allylic oxidation sites excluding steroid dienone is 1. The van der Waals surface area contributed by atoms with Gasteiger partial charge in [0.2, 0.25) is 6.79 Å². The van der Waals surface area contributed by atoms with Gasteiger partial charge < -0.3 is 9.47 Å². The molecule has 7 heteroatoms. The molecule has 1 aliphatic heterocycles. The third-order valence-electron chi connectivity index (χ3n) is 4.49. The van der Waals surface area contributed by atoms with Crippen molar-refractivity contribution >= 4 is 17.0 Å². The molecule has 5 rings (SSSR count). The van der Waals surface area contributed by atoms with Crippen LogP contribution in [-0.4, -0.2) is 26.6 Å². The highest BCUT2D eigenvalue weighted by molar-refractivity contribution is 7.13. The maximum absolute atomic E-state index is 5.69. The van der Waals surface area contributed by atoms with Crippen molar-refractivity contribution < 1.29 is 9.47 Å². The topological polar surface area (TPSA) is 61.5 Å². The quantitative estimate of drug-likeness (QED) is 0.526. The van der Waals surface area contributed by atoms with Gasteiger partial charge in [0.1, 0.15) is 17.7 Å². The van der Waals surface area contributed by atoms with Gasteiger partial charge in [0.15, 0.2) is 11.5 Å². The summed E-state index contributed by atoms with van der Waals surface area (Å²) in [6.45, 7) is 0.227. The van der Waals surface area contributed by atoms with Crippen LogP contribution in [0, 0.1) is 0 Å². The number of fused-ring (bicyclic) bond motifs is 1. The Kier molecular flexibility index (Phi) is 4.06. The lowest BCUT2D eigenvalue weighted by molar-refractivity contribution is 0.0747. The maximum atomic E-state index is 5.69. The first-order chi connectivity index (χ1) is 13.4. The Balaban J connectivity index is 1.60. The van der Waals surface area contributed by atoms with Gasteiger partial charge in [-0.1, -0.05) is 36.4 Å².